The quantitative estimate of drug-likeness (QED) is 0.695. The zero-order chi connectivity index (χ0) is 20.0. The average molecular weight is 391 g/mol. The van der Waals surface area contributed by atoms with E-state index in [-0.39, 0.29) is 17.3 Å². The van der Waals surface area contributed by atoms with Crippen molar-refractivity contribution in [3.8, 4) is 5.75 Å². The van der Waals surface area contributed by atoms with E-state index in [0.29, 0.717) is 18.9 Å². The average Bonchev–Trinajstić information content (AvgIpc) is 2.64. The maximum absolute atomic E-state index is 12.8. The molecule has 146 valence electrons. The van der Waals surface area contributed by atoms with Gasteiger partial charge < -0.3 is 9.64 Å². The van der Waals surface area contributed by atoms with Gasteiger partial charge in [-0.15, -0.1) is 0 Å². The summed E-state index contributed by atoms with van der Waals surface area (Å²) in [5, 5.41) is 0. The van der Waals surface area contributed by atoms with Crippen LogP contribution in [0.15, 0.2) is 53.4 Å². The van der Waals surface area contributed by atoms with Gasteiger partial charge in [-0.25, -0.2) is 8.42 Å². The Bertz CT molecular complexity index is 882. The Labute approximate surface area is 161 Å². The van der Waals surface area contributed by atoms with Gasteiger partial charge in [0.15, 0.2) is 0 Å². The van der Waals surface area contributed by atoms with Crippen molar-refractivity contribution in [2.75, 3.05) is 27.2 Å². The first-order chi connectivity index (χ1) is 12.8. The van der Waals surface area contributed by atoms with Crippen LogP contribution in [-0.2, 0) is 21.4 Å². The molecule has 0 aromatic heterocycles. The second-order valence-corrected chi connectivity index (χ2v) is 8.40. The molecule has 0 aliphatic heterocycles. The fourth-order valence-corrected chi connectivity index (χ4v) is 3.83. The van der Waals surface area contributed by atoms with Crippen LogP contribution in [0.25, 0.3) is 0 Å². The number of hydrogen-bond donors (Lipinski definition) is 0. The summed E-state index contributed by atoms with van der Waals surface area (Å²) in [7, 11) is -0.689. The van der Waals surface area contributed by atoms with Crippen molar-refractivity contribution in [3.63, 3.8) is 0 Å². The minimum absolute atomic E-state index is 0.143. The largest absolute Gasteiger partial charge is 0.494 e. The molecule has 0 aliphatic rings. The van der Waals surface area contributed by atoms with E-state index in [4.69, 9.17) is 4.74 Å². The molecule has 7 heteroatoms. The van der Waals surface area contributed by atoms with Gasteiger partial charge in [0.05, 0.1) is 18.0 Å². The highest BCUT2D eigenvalue weighted by molar-refractivity contribution is 7.89. The van der Waals surface area contributed by atoms with Crippen LogP contribution in [0.5, 0.6) is 5.75 Å². The summed E-state index contributed by atoms with van der Waals surface area (Å²) in [4.78, 5) is 14.1. The Morgan fingerprint density at radius 1 is 1.07 bits per heavy atom. The van der Waals surface area contributed by atoms with Crippen molar-refractivity contribution < 1.29 is 17.9 Å². The molecule has 0 radical (unpaired) electrons. The lowest BCUT2D eigenvalue weighted by atomic mass is 10.2. The number of nitrogens with zero attached hydrogens (tertiary/aromatic N) is 2. The number of sulfonamides is 1. The molecular formula is C20H26N2O4S. The Balaban J connectivity index is 2.08. The van der Waals surface area contributed by atoms with Crippen LogP contribution >= 0.6 is 0 Å². The van der Waals surface area contributed by atoms with E-state index in [1.165, 1.54) is 18.0 Å². The maximum atomic E-state index is 12.8. The second-order valence-electron chi connectivity index (χ2n) is 6.36. The summed E-state index contributed by atoms with van der Waals surface area (Å²) in [5.74, 6) is 0.380. The lowest BCUT2D eigenvalue weighted by molar-refractivity contribution is -0.130. The van der Waals surface area contributed by atoms with Crippen LogP contribution in [0.1, 0.15) is 18.1 Å². The third kappa shape index (κ3) is 5.30. The highest BCUT2D eigenvalue weighted by Crippen LogP contribution is 2.23. The molecule has 0 fully saturated rings. The zero-order valence-corrected chi connectivity index (χ0v) is 17.0. The summed E-state index contributed by atoms with van der Waals surface area (Å²) in [6.07, 6.45) is 0. The van der Waals surface area contributed by atoms with Crippen LogP contribution in [0, 0.1) is 6.92 Å². The standard InChI is InChI=1S/C20H26N2O4S/c1-5-26-19-12-11-18(13-16(19)2)27(24,25)22(4)15-20(23)21(3)14-17-9-7-6-8-10-17/h6-13H,5,14-15H2,1-4H3. The van der Waals surface area contributed by atoms with Crippen molar-refractivity contribution in [3.05, 3.63) is 59.7 Å². The van der Waals surface area contributed by atoms with Gasteiger partial charge in [-0.2, -0.15) is 4.31 Å². The molecule has 0 heterocycles. The fraction of sp³-hybridized carbons (Fsp3) is 0.350. The number of carbonyl (C=O) groups excluding carboxylic acids is 1. The van der Waals surface area contributed by atoms with E-state index in [1.807, 2.05) is 37.3 Å². The topological polar surface area (TPSA) is 66.9 Å². The summed E-state index contributed by atoms with van der Waals surface area (Å²) in [6.45, 7) is 4.38. The molecule has 0 saturated heterocycles. The Morgan fingerprint density at radius 3 is 2.33 bits per heavy atom. The normalized spacial score (nSPS) is 11.4. The SMILES string of the molecule is CCOc1ccc(S(=O)(=O)N(C)CC(=O)N(C)Cc2ccccc2)cc1C. The van der Waals surface area contributed by atoms with E-state index >= 15 is 0 Å². The summed E-state index contributed by atoms with van der Waals surface area (Å²) in [6, 6.07) is 14.3. The van der Waals surface area contributed by atoms with Crippen molar-refractivity contribution in [2.45, 2.75) is 25.3 Å². The van der Waals surface area contributed by atoms with Crippen molar-refractivity contribution in [1.29, 1.82) is 0 Å². The molecule has 0 bridgehead atoms. The number of ether oxygens (including phenoxy) is 1. The van der Waals surface area contributed by atoms with Gasteiger partial charge in [0.25, 0.3) is 0 Å². The van der Waals surface area contributed by atoms with E-state index < -0.39 is 10.0 Å². The first kappa shape index (κ1) is 20.9. The lowest BCUT2D eigenvalue weighted by Crippen LogP contribution is -2.39. The van der Waals surface area contributed by atoms with E-state index in [1.54, 1.807) is 26.1 Å². The smallest absolute Gasteiger partial charge is 0.243 e. The van der Waals surface area contributed by atoms with Gasteiger partial charge in [-0.3, -0.25) is 4.79 Å². The molecule has 0 unspecified atom stereocenters. The molecule has 2 aromatic rings. The molecular weight excluding hydrogens is 364 g/mol. The number of carbonyl (C=O) groups is 1. The summed E-state index contributed by atoms with van der Waals surface area (Å²) >= 11 is 0. The Hall–Kier alpha value is -2.38. The molecule has 1 amide bonds. The molecule has 2 aromatic carbocycles. The molecule has 27 heavy (non-hydrogen) atoms. The molecule has 0 atom stereocenters. The molecule has 0 spiro atoms. The first-order valence-corrected chi connectivity index (χ1v) is 10.2. The third-order valence-corrected chi connectivity index (χ3v) is 6.00. The Morgan fingerprint density at radius 2 is 1.74 bits per heavy atom. The van der Waals surface area contributed by atoms with Gasteiger partial charge in [-0.05, 0) is 43.2 Å². The second kappa shape index (κ2) is 9.01. The zero-order valence-electron chi connectivity index (χ0n) is 16.2. The monoisotopic (exact) mass is 390 g/mol. The predicted octanol–water partition coefficient (Wildman–Crippen LogP) is 2.67. The van der Waals surface area contributed by atoms with Crippen molar-refractivity contribution >= 4 is 15.9 Å². The van der Waals surface area contributed by atoms with E-state index in [9.17, 15) is 13.2 Å². The van der Waals surface area contributed by atoms with Gasteiger partial charge in [0, 0.05) is 20.6 Å². The number of hydrogen-bond acceptors (Lipinski definition) is 4. The van der Waals surface area contributed by atoms with Crippen molar-refractivity contribution in [2.24, 2.45) is 0 Å². The number of amides is 1. The van der Waals surface area contributed by atoms with Crippen LogP contribution < -0.4 is 4.74 Å². The van der Waals surface area contributed by atoms with Gasteiger partial charge in [0.2, 0.25) is 15.9 Å². The minimum Gasteiger partial charge on any atom is -0.494 e. The molecule has 0 saturated carbocycles. The first-order valence-electron chi connectivity index (χ1n) is 8.73. The van der Waals surface area contributed by atoms with Crippen LogP contribution in [0.3, 0.4) is 0 Å². The molecule has 0 N–H and O–H groups in total. The van der Waals surface area contributed by atoms with Gasteiger partial charge in [0.1, 0.15) is 5.75 Å². The number of rotatable bonds is 8. The van der Waals surface area contributed by atoms with E-state index in [0.717, 1.165) is 15.4 Å². The maximum Gasteiger partial charge on any atom is 0.243 e. The van der Waals surface area contributed by atoms with E-state index in [2.05, 4.69) is 0 Å². The van der Waals surface area contributed by atoms with Crippen LogP contribution in [0.2, 0.25) is 0 Å². The molecule has 2 rings (SSSR count). The lowest BCUT2D eigenvalue weighted by Gasteiger charge is -2.22. The predicted molar refractivity (Wildman–Crippen MR) is 105 cm³/mol. The molecule has 0 aliphatic carbocycles. The third-order valence-electron chi connectivity index (χ3n) is 4.20. The number of benzene rings is 2. The van der Waals surface area contributed by atoms with Crippen LogP contribution in [-0.4, -0.2) is 50.8 Å². The summed E-state index contributed by atoms with van der Waals surface area (Å²) in [5.41, 5.74) is 1.72. The summed E-state index contributed by atoms with van der Waals surface area (Å²) < 4.78 is 32.1. The highest BCUT2D eigenvalue weighted by Gasteiger charge is 2.25. The molecule has 6 nitrogen and oxygen atoms in total. The number of likely N-dealkylation sites (N-methyl/N-ethyl adjacent to an activating group) is 2. The van der Waals surface area contributed by atoms with Gasteiger partial charge >= 0.3 is 0 Å². The number of aryl methyl sites for hydroxylation is 1. The highest BCUT2D eigenvalue weighted by atomic mass is 32.2. The van der Waals surface area contributed by atoms with Crippen LogP contribution in [0.4, 0.5) is 0 Å². The van der Waals surface area contributed by atoms with Crippen molar-refractivity contribution in [1.82, 2.24) is 9.21 Å². The minimum atomic E-state index is -3.76. The Kier molecular flexibility index (Phi) is 6.98. The van der Waals surface area contributed by atoms with Gasteiger partial charge in [-0.1, -0.05) is 30.3 Å². The fourth-order valence-electron chi connectivity index (χ4n) is 2.62.